The maximum Gasteiger partial charge on any atom is 0.340 e. The van der Waals surface area contributed by atoms with Crippen molar-refractivity contribution >= 4 is 53.7 Å². The summed E-state index contributed by atoms with van der Waals surface area (Å²) in [4.78, 5) is 29.4. The highest BCUT2D eigenvalue weighted by Crippen LogP contribution is 3.02. The van der Waals surface area contributed by atoms with Crippen molar-refractivity contribution in [2.24, 2.45) is 0 Å². The molecule has 2 aromatic heterocycles. The highest BCUT2D eigenvalue weighted by molar-refractivity contribution is 8.45. The number of aromatic nitrogens is 3. The molecular formula is C19H22ClF5N4O9P2S. The summed E-state index contributed by atoms with van der Waals surface area (Å²) >= 11 is 6.05. The van der Waals surface area contributed by atoms with E-state index in [-0.39, 0.29) is 27.9 Å². The van der Waals surface area contributed by atoms with Crippen LogP contribution in [0.25, 0.3) is 11.0 Å². The number of nitrogens with one attached hydrogen (secondary N) is 1. The number of hydrogen-bond donors (Lipinski definition) is 6. The van der Waals surface area contributed by atoms with Gasteiger partial charge in [-0.05, 0) is 17.7 Å². The summed E-state index contributed by atoms with van der Waals surface area (Å²) in [6.45, 7) is -1.58. The molecule has 1 unspecified atom stereocenters. The highest BCUT2D eigenvalue weighted by atomic mass is 35.5. The summed E-state index contributed by atoms with van der Waals surface area (Å²) in [5.41, 5.74) is -0.844. The second-order valence-electron chi connectivity index (χ2n) is 9.03. The van der Waals surface area contributed by atoms with Gasteiger partial charge in [-0.3, -0.25) is 9.13 Å². The van der Waals surface area contributed by atoms with Crippen molar-refractivity contribution < 1.29 is 62.7 Å². The fourth-order valence-electron chi connectivity index (χ4n) is 4.07. The van der Waals surface area contributed by atoms with Crippen LogP contribution in [0.1, 0.15) is 11.8 Å². The van der Waals surface area contributed by atoms with Gasteiger partial charge in [0, 0.05) is 6.54 Å². The lowest BCUT2D eigenvalue weighted by Gasteiger charge is -2.41. The summed E-state index contributed by atoms with van der Waals surface area (Å²) in [7, 11) is -19.8. The molecule has 3 aromatic rings. The Bertz CT molecular complexity index is 1580. The van der Waals surface area contributed by atoms with E-state index in [1.165, 1.54) is 6.07 Å². The molecule has 1 aliphatic rings. The van der Waals surface area contributed by atoms with Crippen LogP contribution in [-0.2, 0) is 24.9 Å². The van der Waals surface area contributed by atoms with Crippen molar-refractivity contribution in [3.63, 3.8) is 0 Å². The lowest BCUT2D eigenvalue weighted by Crippen LogP contribution is -2.33. The summed E-state index contributed by atoms with van der Waals surface area (Å²) in [6, 6.07) is 4.33. The highest BCUT2D eigenvalue weighted by Gasteiger charge is 2.66. The molecule has 1 fully saturated rings. The molecule has 5 atom stereocenters. The minimum atomic E-state index is -10.0. The van der Waals surface area contributed by atoms with Gasteiger partial charge >= 0.3 is 25.4 Å². The predicted molar refractivity (Wildman–Crippen MR) is 136 cm³/mol. The molecular weight excluding hydrogens is 653 g/mol. The topological polar surface area (TPSA) is 196 Å². The van der Waals surface area contributed by atoms with Crippen molar-refractivity contribution in [2.75, 3.05) is 17.8 Å². The summed E-state index contributed by atoms with van der Waals surface area (Å²) in [5, 5.41) is 27.3. The second kappa shape index (κ2) is 10.1. The minimum absolute atomic E-state index is 0.0229. The van der Waals surface area contributed by atoms with Crippen LogP contribution in [0.5, 0.6) is 0 Å². The van der Waals surface area contributed by atoms with E-state index in [1.54, 1.807) is 0 Å². The molecule has 3 heterocycles. The van der Waals surface area contributed by atoms with Crippen molar-refractivity contribution in [1.82, 2.24) is 14.8 Å². The smallest absolute Gasteiger partial charge is 0.340 e. The van der Waals surface area contributed by atoms with Crippen LogP contribution in [0, 0.1) is 0 Å². The fourth-order valence-corrected chi connectivity index (χ4v) is 7.80. The number of nitrogens with zero attached hydrogens (tertiary/aromatic N) is 3. The second-order valence-corrected chi connectivity index (χ2v) is 15.8. The van der Waals surface area contributed by atoms with Crippen LogP contribution in [0.3, 0.4) is 0 Å². The number of hydrogen-bond acceptors (Lipinski definition) is 9. The average molecular weight is 675 g/mol. The molecule has 0 bridgehead atoms. The van der Waals surface area contributed by atoms with Gasteiger partial charge in [-0.15, -0.1) is 0 Å². The van der Waals surface area contributed by atoms with Crippen LogP contribution in [0.4, 0.5) is 25.1 Å². The molecule has 230 valence electrons. The van der Waals surface area contributed by atoms with Crippen molar-refractivity contribution in [2.45, 2.75) is 36.0 Å². The van der Waals surface area contributed by atoms with Crippen molar-refractivity contribution in [3.8, 4) is 0 Å². The zero-order valence-corrected chi connectivity index (χ0v) is 23.5. The Morgan fingerprint density at radius 1 is 1.10 bits per heavy atom. The third kappa shape index (κ3) is 7.55. The Morgan fingerprint density at radius 2 is 1.76 bits per heavy atom. The Labute approximate surface area is 232 Å². The Kier molecular flexibility index (Phi) is 7.89. The first-order valence-corrected chi connectivity index (χ1v) is 17.1. The van der Waals surface area contributed by atoms with Gasteiger partial charge < -0.3 is 39.5 Å². The third-order valence-electron chi connectivity index (χ3n) is 5.77. The number of fused-ring (bicyclic) bond motifs is 1. The van der Waals surface area contributed by atoms with E-state index in [9.17, 15) is 43.7 Å². The molecule has 0 amide bonds. The zero-order valence-electron chi connectivity index (χ0n) is 20.2. The van der Waals surface area contributed by atoms with Crippen LogP contribution in [0.15, 0.2) is 41.4 Å². The largest absolute Gasteiger partial charge is 0.387 e. The van der Waals surface area contributed by atoms with E-state index in [2.05, 4.69) is 19.9 Å². The van der Waals surface area contributed by atoms with Crippen LogP contribution in [-0.4, -0.2) is 70.5 Å². The molecule has 22 heteroatoms. The lowest BCUT2D eigenvalue weighted by atomic mass is 10.1. The monoisotopic (exact) mass is 674 g/mol. The van der Waals surface area contributed by atoms with E-state index in [0.717, 1.165) is 29.1 Å². The SMILES string of the molecule is O=P(O)(O)CP(=O)(O)OC[C@H]1O[C@@H](n2ncc3c(NCc4ccccc4S(F)(F)(F)(F)F)cc(Cl)nc32)[C@@H](O)[C@H]1O. The first kappa shape index (κ1) is 32.0. The maximum absolute atomic E-state index is 13.5. The Hall–Kier alpha value is -1.89. The van der Waals surface area contributed by atoms with Crippen LogP contribution < -0.4 is 5.32 Å². The van der Waals surface area contributed by atoms with E-state index in [4.69, 9.17) is 26.1 Å². The maximum atomic E-state index is 13.5. The number of benzene rings is 1. The molecule has 0 radical (unpaired) electrons. The Balaban J connectivity index is 1.57. The number of ether oxygens (including phenoxy) is 1. The van der Waals surface area contributed by atoms with E-state index in [0.29, 0.717) is 0 Å². The average Bonchev–Trinajstić information content (AvgIpc) is 3.34. The number of rotatable bonds is 10. The van der Waals surface area contributed by atoms with Gasteiger partial charge in [-0.2, -0.15) is 5.10 Å². The lowest BCUT2D eigenvalue weighted by molar-refractivity contribution is -0.0541. The molecule has 13 nitrogen and oxygen atoms in total. The number of aliphatic hydroxyl groups is 2. The van der Waals surface area contributed by atoms with Gasteiger partial charge in [0.05, 0.1) is 23.9 Å². The molecule has 41 heavy (non-hydrogen) atoms. The summed E-state index contributed by atoms with van der Waals surface area (Å²) in [5.74, 6) is -1.50. The molecule has 1 aliphatic heterocycles. The number of halogens is 6. The van der Waals surface area contributed by atoms with E-state index in [1.807, 2.05) is 0 Å². The molecule has 0 aliphatic carbocycles. The van der Waals surface area contributed by atoms with Crippen LogP contribution in [0.2, 0.25) is 5.15 Å². The summed E-state index contributed by atoms with van der Waals surface area (Å²) in [6.07, 6.45) is -5.33. The van der Waals surface area contributed by atoms with Crippen LogP contribution >= 0.6 is 37.0 Å². The normalized spacial score (nSPS) is 25.0. The molecule has 1 saturated heterocycles. The van der Waals surface area contributed by atoms with E-state index >= 15 is 0 Å². The number of aliphatic hydroxyl groups excluding tert-OH is 2. The molecule has 4 rings (SSSR count). The molecule has 0 saturated carbocycles. The third-order valence-corrected chi connectivity index (χ3v) is 10.7. The quantitative estimate of drug-likeness (QED) is 0.101. The summed E-state index contributed by atoms with van der Waals surface area (Å²) < 4.78 is 102. The molecule has 1 aromatic carbocycles. The molecule has 6 N–H and O–H groups in total. The van der Waals surface area contributed by atoms with Gasteiger partial charge in [0.1, 0.15) is 28.4 Å². The first-order valence-electron chi connectivity index (χ1n) is 11.2. The molecule has 0 spiro atoms. The fraction of sp³-hybridized carbons (Fsp3) is 0.368. The predicted octanol–water partition coefficient (Wildman–Crippen LogP) is 4.31. The zero-order chi connectivity index (χ0) is 30.7. The van der Waals surface area contributed by atoms with E-state index < -0.39 is 79.5 Å². The van der Waals surface area contributed by atoms with Gasteiger partial charge in [-0.25, -0.2) is 9.67 Å². The first-order chi connectivity index (χ1) is 18.5. The number of anilines is 1. The van der Waals surface area contributed by atoms with Gasteiger partial charge in [0.15, 0.2) is 17.8 Å². The van der Waals surface area contributed by atoms with Crippen molar-refractivity contribution in [1.29, 1.82) is 0 Å². The minimum Gasteiger partial charge on any atom is -0.387 e. The van der Waals surface area contributed by atoms with Gasteiger partial charge in [0.25, 0.3) is 0 Å². The van der Waals surface area contributed by atoms with Gasteiger partial charge in [-0.1, -0.05) is 49.2 Å². The standard InChI is InChI=1S/C19H22ClF5N4O9P2S/c20-15-5-12(26-6-10-3-1-2-4-14(10)41(21,22,23,24)25)11-7-27-29(18(11)28-15)19-17(31)16(30)13(38-19)8-37-40(35,36)9-39(32,33)34/h1-5,7,13,16-17,19,30-31H,6,8-9H2,(H,26,28)(H,35,36)(H2,32,33,34)/t13-,16+,17+,19-/m1/s1. The Morgan fingerprint density at radius 3 is 2.39 bits per heavy atom. The van der Waals surface area contributed by atoms with Crippen molar-refractivity contribution in [3.05, 3.63) is 47.2 Å². The number of pyridine rings is 1. The van der Waals surface area contributed by atoms with Gasteiger partial charge in [0.2, 0.25) is 0 Å².